The Labute approximate surface area is 479 Å². The molecule has 0 bridgehead atoms. The SMILES string of the molecule is CCCCC/C=C\C/C=C\CCCCCCCCCCCC(=O)OC(COC(=O)CCCCCCCCC/C=C\C/C=C\CCCCC)COC(=O)CCCCCCCCCCCCC/C=C\CCCCCCCCCC. The van der Waals surface area contributed by atoms with E-state index in [-0.39, 0.29) is 31.1 Å². The molecule has 0 aliphatic carbocycles. The Morgan fingerprint density at radius 3 is 0.753 bits per heavy atom. The van der Waals surface area contributed by atoms with Gasteiger partial charge in [-0.15, -0.1) is 0 Å². The molecule has 0 rings (SSSR count). The van der Waals surface area contributed by atoms with Crippen LogP contribution in [0.3, 0.4) is 0 Å². The second kappa shape index (κ2) is 65.6. The van der Waals surface area contributed by atoms with Crippen molar-refractivity contribution in [2.24, 2.45) is 0 Å². The molecule has 0 heterocycles. The van der Waals surface area contributed by atoms with Crippen LogP contribution in [0.2, 0.25) is 0 Å². The quantitative estimate of drug-likeness (QED) is 0.0261. The first kappa shape index (κ1) is 74.1. The summed E-state index contributed by atoms with van der Waals surface area (Å²) < 4.78 is 17.0. The van der Waals surface area contributed by atoms with Crippen LogP contribution in [0.1, 0.15) is 355 Å². The lowest BCUT2D eigenvalue weighted by Crippen LogP contribution is -2.30. The van der Waals surface area contributed by atoms with Crippen molar-refractivity contribution in [3.8, 4) is 0 Å². The molecule has 0 aliphatic heterocycles. The molecular weight excluding hydrogens is 949 g/mol. The van der Waals surface area contributed by atoms with Gasteiger partial charge in [0.25, 0.3) is 0 Å². The number of rotatable bonds is 62. The number of carbonyl (C=O) groups excluding carboxylic acids is 3. The normalized spacial score (nSPS) is 12.4. The zero-order valence-electron chi connectivity index (χ0n) is 51.5. The van der Waals surface area contributed by atoms with Gasteiger partial charge in [0, 0.05) is 19.3 Å². The van der Waals surface area contributed by atoms with E-state index in [9.17, 15) is 14.4 Å². The molecule has 0 aliphatic rings. The van der Waals surface area contributed by atoms with Gasteiger partial charge in [0.15, 0.2) is 6.10 Å². The van der Waals surface area contributed by atoms with Gasteiger partial charge in [0.2, 0.25) is 0 Å². The second-order valence-electron chi connectivity index (χ2n) is 22.7. The number of unbranched alkanes of at least 4 members (excludes halogenated alkanes) is 41. The zero-order valence-corrected chi connectivity index (χ0v) is 51.5. The third-order valence-electron chi connectivity index (χ3n) is 15.0. The molecule has 0 aromatic heterocycles. The van der Waals surface area contributed by atoms with Crippen LogP contribution >= 0.6 is 0 Å². The lowest BCUT2D eigenvalue weighted by Gasteiger charge is -2.18. The lowest BCUT2D eigenvalue weighted by atomic mass is 10.0. The first-order valence-electron chi connectivity index (χ1n) is 33.8. The molecule has 0 saturated carbocycles. The number of esters is 3. The topological polar surface area (TPSA) is 78.9 Å². The Hall–Kier alpha value is -2.89. The summed E-state index contributed by atoms with van der Waals surface area (Å²) in [6, 6.07) is 0. The minimum absolute atomic E-state index is 0.0767. The smallest absolute Gasteiger partial charge is 0.306 e. The van der Waals surface area contributed by atoms with Crippen molar-refractivity contribution in [3.05, 3.63) is 60.8 Å². The fourth-order valence-electron chi connectivity index (χ4n) is 9.85. The monoisotopic (exact) mass is 1080 g/mol. The third kappa shape index (κ3) is 63.8. The molecule has 0 aromatic rings. The van der Waals surface area contributed by atoms with Gasteiger partial charge >= 0.3 is 17.9 Å². The summed E-state index contributed by atoms with van der Waals surface area (Å²) in [4.78, 5) is 38.4. The van der Waals surface area contributed by atoms with E-state index in [0.717, 1.165) is 77.0 Å². The van der Waals surface area contributed by atoms with Crippen LogP contribution in [-0.2, 0) is 28.6 Å². The van der Waals surface area contributed by atoms with E-state index in [4.69, 9.17) is 14.2 Å². The molecule has 77 heavy (non-hydrogen) atoms. The Kier molecular flexibility index (Phi) is 63.2. The van der Waals surface area contributed by atoms with Crippen LogP contribution in [0.5, 0.6) is 0 Å². The molecule has 6 nitrogen and oxygen atoms in total. The van der Waals surface area contributed by atoms with E-state index >= 15 is 0 Å². The van der Waals surface area contributed by atoms with Crippen LogP contribution in [0.4, 0.5) is 0 Å². The van der Waals surface area contributed by atoms with Crippen molar-refractivity contribution in [3.63, 3.8) is 0 Å². The van der Waals surface area contributed by atoms with Crippen LogP contribution in [0.15, 0.2) is 60.8 Å². The number of allylic oxidation sites excluding steroid dienone is 10. The number of carbonyl (C=O) groups is 3. The highest BCUT2D eigenvalue weighted by Crippen LogP contribution is 2.17. The number of hydrogen-bond acceptors (Lipinski definition) is 6. The standard InChI is InChI=1S/C71H128O6/c1-4-7-10-13-16-19-22-25-28-31-33-34-35-36-38-40-43-46-49-52-55-58-61-64-70(73)76-67-68(66-75-69(72)63-60-57-54-51-48-45-42-39-30-27-24-21-18-15-12-9-6-3)77-71(74)65-62-59-56-53-50-47-44-41-37-32-29-26-23-20-17-14-11-8-5-2/h17-18,20-21,26-27,29-31,33,68H,4-16,19,22-25,28,32,34-67H2,1-3H3/b20-17-,21-18-,29-26-,30-27-,33-31-. The fourth-order valence-corrected chi connectivity index (χ4v) is 9.85. The fraction of sp³-hybridized carbons (Fsp3) is 0.817. The Balaban J connectivity index is 4.34. The van der Waals surface area contributed by atoms with E-state index in [2.05, 4.69) is 81.5 Å². The molecule has 0 aromatic carbocycles. The molecule has 0 saturated heterocycles. The van der Waals surface area contributed by atoms with Crippen molar-refractivity contribution in [2.45, 2.75) is 361 Å². The predicted molar refractivity (Wildman–Crippen MR) is 335 cm³/mol. The molecule has 6 heteroatoms. The van der Waals surface area contributed by atoms with Crippen molar-refractivity contribution >= 4 is 17.9 Å². The van der Waals surface area contributed by atoms with Crippen molar-refractivity contribution in [1.29, 1.82) is 0 Å². The first-order valence-corrected chi connectivity index (χ1v) is 33.8. The highest BCUT2D eigenvalue weighted by molar-refractivity contribution is 5.71. The maximum atomic E-state index is 12.9. The van der Waals surface area contributed by atoms with Crippen molar-refractivity contribution in [1.82, 2.24) is 0 Å². The Morgan fingerprint density at radius 2 is 0.468 bits per heavy atom. The van der Waals surface area contributed by atoms with Crippen molar-refractivity contribution < 1.29 is 28.6 Å². The Bertz CT molecular complexity index is 1380. The molecule has 1 atom stereocenters. The van der Waals surface area contributed by atoms with Gasteiger partial charge in [-0.2, -0.15) is 0 Å². The molecule has 0 fully saturated rings. The summed E-state index contributed by atoms with van der Waals surface area (Å²) in [5, 5.41) is 0. The number of ether oxygens (including phenoxy) is 3. The average Bonchev–Trinajstić information content (AvgIpc) is 3.43. The minimum Gasteiger partial charge on any atom is -0.462 e. The Morgan fingerprint density at radius 1 is 0.260 bits per heavy atom. The average molecular weight is 1080 g/mol. The lowest BCUT2D eigenvalue weighted by molar-refractivity contribution is -0.167. The largest absolute Gasteiger partial charge is 0.462 e. The maximum Gasteiger partial charge on any atom is 0.306 e. The van der Waals surface area contributed by atoms with Crippen LogP contribution in [-0.4, -0.2) is 37.2 Å². The van der Waals surface area contributed by atoms with E-state index < -0.39 is 6.10 Å². The molecule has 448 valence electrons. The summed E-state index contributed by atoms with van der Waals surface area (Å²) in [5.74, 6) is -0.870. The van der Waals surface area contributed by atoms with Gasteiger partial charge in [-0.1, -0.05) is 287 Å². The predicted octanol–water partition coefficient (Wildman–Crippen LogP) is 23.1. The highest BCUT2D eigenvalue weighted by atomic mass is 16.6. The third-order valence-corrected chi connectivity index (χ3v) is 15.0. The number of hydrogen-bond donors (Lipinski definition) is 0. The first-order chi connectivity index (χ1) is 38.0. The molecule has 0 amide bonds. The van der Waals surface area contributed by atoms with E-state index in [1.54, 1.807) is 0 Å². The zero-order chi connectivity index (χ0) is 55.7. The van der Waals surface area contributed by atoms with Crippen LogP contribution in [0, 0.1) is 0 Å². The molecule has 0 N–H and O–H groups in total. The van der Waals surface area contributed by atoms with Gasteiger partial charge in [-0.25, -0.2) is 0 Å². The van der Waals surface area contributed by atoms with Gasteiger partial charge in [-0.05, 0) is 109 Å². The summed E-state index contributed by atoms with van der Waals surface area (Å²) >= 11 is 0. The van der Waals surface area contributed by atoms with Gasteiger partial charge < -0.3 is 14.2 Å². The van der Waals surface area contributed by atoms with Gasteiger partial charge in [0.05, 0.1) is 0 Å². The molecule has 0 spiro atoms. The summed E-state index contributed by atoms with van der Waals surface area (Å²) in [5.41, 5.74) is 0. The summed E-state index contributed by atoms with van der Waals surface area (Å²) in [7, 11) is 0. The van der Waals surface area contributed by atoms with E-state index in [1.165, 1.54) is 238 Å². The second-order valence-corrected chi connectivity index (χ2v) is 22.7. The van der Waals surface area contributed by atoms with E-state index in [0.29, 0.717) is 19.3 Å². The molecular formula is C71H128O6. The minimum atomic E-state index is -0.781. The highest BCUT2D eigenvalue weighted by Gasteiger charge is 2.19. The van der Waals surface area contributed by atoms with Crippen molar-refractivity contribution in [2.75, 3.05) is 13.2 Å². The van der Waals surface area contributed by atoms with E-state index in [1.807, 2.05) is 0 Å². The molecule has 1 unspecified atom stereocenters. The van der Waals surface area contributed by atoms with Gasteiger partial charge in [0.1, 0.15) is 13.2 Å². The van der Waals surface area contributed by atoms with Crippen LogP contribution in [0.25, 0.3) is 0 Å². The van der Waals surface area contributed by atoms with Gasteiger partial charge in [-0.3, -0.25) is 14.4 Å². The summed E-state index contributed by atoms with van der Waals surface area (Å²) in [6.07, 6.45) is 83.7. The maximum absolute atomic E-state index is 12.9. The summed E-state index contributed by atoms with van der Waals surface area (Å²) in [6.45, 7) is 6.63. The molecule has 0 radical (unpaired) electrons. The van der Waals surface area contributed by atoms with Crippen LogP contribution < -0.4 is 0 Å².